The number of rotatable bonds is 9. The summed E-state index contributed by atoms with van der Waals surface area (Å²) in [6.45, 7) is 4.27. The maximum Gasteiger partial charge on any atom is 0.407 e. The van der Waals surface area contributed by atoms with Gasteiger partial charge in [-0.2, -0.15) is 0 Å². The number of amides is 2. The summed E-state index contributed by atoms with van der Waals surface area (Å²) in [7, 11) is 0. The van der Waals surface area contributed by atoms with Gasteiger partial charge in [-0.15, -0.1) is 0 Å². The number of carboxylic acids is 1. The molecule has 176 valence electrons. The summed E-state index contributed by atoms with van der Waals surface area (Å²) in [5.74, 6) is -2.15. The normalized spacial score (nSPS) is 15.2. The molecule has 0 fully saturated rings. The van der Waals surface area contributed by atoms with Crippen LogP contribution in [0.4, 0.5) is 4.79 Å². The van der Waals surface area contributed by atoms with Gasteiger partial charge in [-0.05, 0) is 41.5 Å². The zero-order chi connectivity index (χ0) is 24.2. The van der Waals surface area contributed by atoms with Crippen LogP contribution in [0.5, 0.6) is 0 Å². The molecule has 0 bridgehead atoms. The third-order valence-corrected chi connectivity index (χ3v) is 5.85. The van der Waals surface area contributed by atoms with E-state index < -0.39 is 36.2 Å². The molecule has 0 spiro atoms. The topological polar surface area (TPSA) is 125 Å². The Morgan fingerprint density at radius 3 is 2.06 bits per heavy atom. The molecule has 2 aromatic carbocycles. The van der Waals surface area contributed by atoms with Crippen molar-refractivity contribution in [3.05, 3.63) is 59.7 Å². The lowest BCUT2D eigenvalue weighted by molar-refractivity contribution is -0.149. The van der Waals surface area contributed by atoms with Gasteiger partial charge in [0.2, 0.25) is 5.91 Å². The van der Waals surface area contributed by atoms with E-state index in [1.807, 2.05) is 62.4 Å². The maximum absolute atomic E-state index is 12.7. The van der Waals surface area contributed by atoms with Gasteiger partial charge in [0.05, 0.1) is 6.61 Å². The number of alkyl carbamates (subject to hydrolysis) is 1. The van der Waals surface area contributed by atoms with Crippen LogP contribution >= 0.6 is 0 Å². The van der Waals surface area contributed by atoms with Gasteiger partial charge in [-0.25, -0.2) is 9.59 Å². The first kappa shape index (κ1) is 24.3. The number of nitrogens with one attached hydrogen (secondary N) is 2. The van der Waals surface area contributed by atoms with Crippen LogP contribution in [-0.4, -0.2) is 53.0 Å². The molecule has 2 amide bonds. The predicted octanol–water partition coefficient (Wildman–Crippen LogP) is 2.89. The van der Waals surface area contributed by atoms with Crippen molar-refractivity contribution in [1.82, 2.24) is 10.6 Å². The molecule has 8 heteroatoms. The fourth-order valence-electron chi connectivity index (χ4n) is 4.00. The SMILES string of the molecule is CC(C)CC(NC(=O)OCC1c2ccccc2-c2ccccc21)C(=O)NC(C)(CO)C(=O)O. The number of aliphatic carboxylic acids is 1. The van der Waals surface area contributed by atoms with Gasteiger partial charge in [-0.1, -0.05) is 62.4 Å². The summed E-state index contributed by atoms with van der Waals surface area (Å²) >= 11 is 0. The summed E-state index contributed by atoms with van der Waals surface area (Å²) in [5, 5.41) is 23.6. The monoisotopic (exact) mass is 454 g/mol. The molecule has 3 rings (SSSR count). The molecule has 0 heterocycles. The average Bonchev–Trinajstić information content (AvgIpc) is 3.10. The fourth-order valence-corrected chi connectivity index (χ4v) is 4.00. The van der Waals surface area contributed by atoms with Crippen molar-refractivity contribution < 1.29 is 29.3 Å². The Morgan fingerprint density at radius 1 is 1.03 bits per heavy atom. The van der Waals surface area contributed by atoms with E-state index in [9.17, 15) is 24.6 Å². The van der Waals surface area contributed by atoms with Gasteiger partial charge in [-0.3, -0.25) is 4.79 Å². The number of fused-ring (bicyclic) bond motifs is 3. The number of hydrogen-bond acceptors (Lipinski definition) is 5. The highest BCUT2D eigenvalue weighted by Gasteiger charge is 2.37. The van der Waals surface area contributed by atoms with Crippen molar-refractivity contribution in [2.75, 3.05) is 13.2 Å². The molecule has 0 saturated heterocycles. The summed E-state index contributed by atoms with van der Waals surface area (Å²) in [5.41, 5.74) is 2.51. The number of carbonyl (C=O) groups excluding carboxylic acids is 2. The molecular weight excluding hydrogens is 424 g/mol. The van der Waals surface area contributed by atoms with Gasteiger partial charge in [0.25, 0.3) is 0 Å². The lowest BCUT2D eigenvalue weighted by Gasteiger charge is -2.27. The molecule has 0 aliphatic heterocycles. The van der Waals surface area contributed by atoms with Crippen molar-refractivity contribution >= 4 is 18.0 Å². The lowest BCUT2D eigenvalue weighted by atomic mass is 9.98. The first-order chi connectivity index (χ1) is 15.7. The van der Waals surface area contributed by atoms with Crippen LogP contribution < -0.4 is 10.6 Å². The van der Waals surface area contributed by atoms with Crippen molar-refractivity contribution in [2.24, 2.45) is 5.92 Å². The highest BCUT2D eigenvalue weighted by Crippen LogP contribution is 2.44. The minimum Gasteiger partial charge on any atom is -0.479 e. The first-order valence-electron chi connectivity index (χ1n) is 10.9. The number of benzene rings is 2. The second-order valence-electron chi connectivity index (χ2n) is 8.94. The number of aliphatic hydroxyl groups is 1. The molecule has 4 N–H and O–H groups in total. The van der Waals surface area contributed by atoms with E-state index >= 15 is 0 Å². The van der Waals surface area contributed by atoms with E-state index in [4.69, 9.17) is 4.74 Å². The van der Waals surface area contributed by atoms with Crippen LogP contribution in [0.15, 0.2) is 48.5 Å². The third-order valence-electron chi connectivity index (χ3n) is 5.85. The Kier molecular flexibility index (Phi) is 7.38. The van der Waals surface area contributed by atoms with E-state index in [2.05, 4.69) is 10.6 Å². The van der Waals surface area contributed by atoms with Crippen molar-refractivity contribution in [1.29, 1.82) is 0 Å². The number of carboxylic acid groups (broad SMARTS) is 1. The van der Waals surface area contributed by atoms with Crippen molar-refractivity contribution in [3.8, 4) is 11.1 Å². The number of hydrogen-bond donors (Lipinski definition) is 4. The van der Waals surface area contributed by atoms with Gasteiger partial charge >= 0.3 is 12.1 Å². The first-order valence-corrected chi connectivity index (χ1v) is 10.9. The van der Waals surface area contributed by atoms with Crippen LogP contribution in [0.25, 0.3) is 11.1 Å². The Hall–Kier alpha value is -3.39. The quantitative estimate of drug-likeness (QED) is 0.462. The van der Waals surface area contributed by atoms with Crippen molar-refractivity contribution in [3.63, 3.8) is 0 Å². The molecule has 2 aromatic rings. The van der Waals surface area contributed by atoms with Crippen LogP contribution in [-0.2, 0) is 14.3 Å². The molecule has 1 aliphatic carbocycles. The Labute approximate surface area is 193 Å². The minimum atomic E-state index is -1.85. The summed E-state index contributed by atoms with van der Waals surface area (Å²) in [6.07, 6.45) is -0.490. The number of carbonyl (C=O) groups is 3. The molecular formula is C25H30N2O6. The molecule has 33 heavy (non-hydrogen) atoms. The van der Waals surface area contributed by atoms with Gasteiger partial charge < -0.3 is 25.6 Å². The van der Waals surface area contributed by atoms with Crippen LogP contribution in [0, 0.1) is 5.92 Å². The second kappa shape index (κ2) is 10.0. The van der Waals surface area contributed by atoms with E-state index in [-0.39, 0.29) is 24.9 Å². The Balaban J connectivity index is 1.69. The number of aliphatic hydroxyl groups excluding tert-OH is 1. The Morgan fingerprint density at radius 2 is 1.58 bits per heavy atom. The van der Waals surface area contributed by atoms with E-state index in [1.165, 1.54) is 6.92 Å². The van der Waals surface area contributed by atoms with E-state index in [0.29, 0.717) is 0 Å². The minimum absolute atomic E-state index is 0.0415. The molecule has 0 aromatic heterocycles. The summed E-state index contributed by atoms with van der Waals surface area (Å²) in [4.78, 5) is 36.8. The van der Waals surface area contributed by atoms with Gasteiger partial charge in [0.15, 0.2) is 5.54 Å². The summed E-state index contributed by atoms with van der Waals surface area (Å²) in [6, 6.07) is 14.9. The molecule has 8 nitrogen and oxygen atoms in total. The predicted molar refractivity (Wildman–Crippen MR) is 123 cm³/mol. The van der Waals surface area contributed by atoms with Crippen LogP contribution in [0.1, 0.15) is 44.2 Å². The molecule has 1 aliphatic rings. The zero-order valence-electron chi connectivity index (χ0n) is 19.0. The van der Waals surface area contributed by atoms with Gasteiger partial charge in [0.1, 0.15) is 12.6 Å². The molecule has 0 radical (unpaired) electrons. The zero-order valence-corrected chi connectivity index (χ0v) is 19.0. The smallest absolute Gasteiger partial charge is 0.407 e. The van der Waals surface area contributed by atoms with E-state index in [0.717, 1.165) is 22.3 Å². The number of ether oxygens (including phenoxy) is 1. The maximum atomic E-state index is 12.7. The third kappa shape index (κ3) is 5.34. The average molecular weight is 455 g/mol. The molecule has 2 unspecified atom stereocenters. The summed E-state index contributed by atoms with van der Waals surface area (Å²) < 4.78 is 5.51. The van der Waals surface area contributed by atoms with Crippen molar-refractivity contribution in [2.45, 2.75) is 44.7 Å². The Bertz CT molecular complexity index is 992. The standard InChI is InChI=1S/C25H30N2O6/c1-15(2)12-21(22(29)27-25(3,14-28)23(30)31)26-24(32)33-13-20-18-10-6-4-8-16(18)17-9-5-7-11-19(17)20/h4-11,15,20-21,28H,12-14H2,1-3H3,(H,26,32)(H,27,29)(H,30,31). The second-order valence-corrected chi connectivity index (χ2v) is 8.94. The fraction of sp³-hybridized carbons (Fsp3) is 0.400. The largest absolute Gasteiger partial charge is 0.479 e. The van der Waals surface area contributed by atoms with E-state index in [1.54, 1.807) is 0 Å². The molecule has 2 atom stereocenters. The van der Waals surface area contributed by atoms with Gasteiger partial charge in [0, 0.05) is 5.92 Å². The highest BCUT2D eigenvalue weighted by molar-refractivity contribution is 5.91. The lowest BCUT2D eigenvalue weighted by Crippen LogP contribution is -2.59. The van der Waals surface area contributed by atoms with Crippen LogP contribution in [0.3, 0.4) is 0 Å². The highest BCUT2D eigenvalue weighted by atomic mass is 16.5. The van der Waals surface area contributed by atoms with Crippen LogP contribution in [0.2, 0.25) is 0 Å². The molecule has 0 saturated carbocycles.